The summed E-state index contributed by atoms with van der Waals surface area (Å²) in [6.07, 6.45) is 3.27. The molecule has 1 amide bonds. The average Bonchev–Trinajstić information content (AvgIpc) is 2.87. The summed E-state index contributed by atoms with van der Waals surface area (Å²) in [5.41, 5.74) is 1.46. The van der Waals surface area contributed by atoms with Crippen LogP contribution in [0, 0.1) is 0 Å². The number of aliphatic hydroxyl groups excluding tert-OH is 1. The van der Waals surface area contributed by atoms with E-state index in [1.165, 1.54) is 0 Å². The van der Waals surface area contributed by atoms with Gasteiger partial charge in [0.15, 0.2) is 0 Å². The Labute approximate surface area is 125 Å². The van der Waals surface area contributed by atoms with Crippen LogP contribution in [0.3, 0.4) is 0 Å². The van der Waals surface area contributed by atoms with Gasteiger partial charge in [-0.25, -0.2) is 0 Å². The fourth-order valence-electron chi connectivity index (χ4n) is 2.77. The van der Waals surface area contributed by atoms with Gasteiger partial charge in [0, 0.05) is 15.4 Å². The summed E-state index contributed by atoms with van der Waals surface area (Å²) in [6.45, 7) is 0. The zero-order valence-corrected chi connectivity index (χ0v) is 12.6. The van der Waals surface area contributed by atoms with Crippen molar-refractivity contribution in [1.82, 2.24) is 10.3 Å². The fraction of sp³-hybridized carbons (Fsp3) is 0.400. The number of fused-ring (bicyclic) bond motifs is 1. The average molecular weight is 337 g/mol. The van der Waals surface area contributed by atoms with E-state index >= 15 is 0 Å². The number of aliphatic hydroxyl groups is 1. The molecule has 2 atom stereocenters. The highest BCUT2D eigenvalue weighted by atomic mass is 79.9. The molecule has 0 saturated heterocycles. The number of aromatic nitrogens is 1. The van der Waals surface area contributed by atoms with E-state index in [4.69, 9.17) is 0 Å². The maximum absolute atomic E-state index is 12.3. The molecule has 1 heterocycles. The number of H-pyrrole nitrogens is 1. The van der Waals surface area contributed by atoms with Gasteiger partial charge in [0.2, 0.25) is 0 Å². The summed E-state index contributed by atoms with van der Waals surface area (Å²) in [5, 5.41) is 13.8. The first-order chi connectivity index (χ1) is 9.65. The van der Waals surface area contributed by atoms with Crippen LogP contribution in [-0.2, 0) is 0 Å². The highest BCUT2D eigenvalue weighted by Crippen LogP contribution is 2.25. The van der Waals surface area contributed by atoms with Gasteiger partial charge in [0.25, 0.3) is 5.91 Å². The fourth-order valence-corrected chi connectivity index (χ4v) is 3.25. The van der Waals surface area contributed by atoms with Gasteiger partial charge in [-0.05, 0) is 31.0 Å². The zero-order chi connectivity index (χ0) is 14.1. The Bertz CT molecular complexity index is 638. The zero-order valence-electron chi connectivity index (χ0n) is 11.0. The monoisotopic (exact) mass is 336 g/mol. The molecule has 0 aliphatic heterocycles. The molecule has 106 valence electrons. The van der Waals surface area contributed by atoms with E-state index in [1.807, 2.05) is 24.3 Å². The molecule has 3 rings (SSSR count). The summed E-state index contributed by atoms with van der Waals surface area (Å²) < 4.78 is 0.961. The van der Waals surface area contributed by atoms with Gasteiger partial charge in [-0.3, -0.25) is 4.79 Å². The van der Waals surface area contributed by atoms with Gasteiger partial charge in [0.1, 0.15) is 5.69 Å². The number of halogens is 1. The second-order valence-corrected chi connectivity index (χ2v) is 6.17. The number of rotatable bonds is 2. The number of hydrogen-bond donors (Lipinski definition) is 3. The molecule has 1 aliphatic rings. The quantitative estimate of drug-likeness (QED) is 0.789. The molecular weight excluding hydrogens is 320 g/mol. The molecule has 1 aromatic heterocycles. The van der Waals surface area contributed by atoms with E-state index in [2.05, 4.69) is 26.2 Å². The predicted molar refractivity (Wildman–Crippen MR) is 81.7 cm³/mol. The molecule has 2 aromatic rings. The molecule has 0 spiro atoms. The third kappa shape index (κ3) is 2.60. The summed E-state index contributed by atoms with van der Waals surface area (Å²) >= 11 is 3.48. The summed E-state index contributed by atoms with van der Waals surface area (Å²) in [5.74, 6) is -0.154. The Morgan fingerprint density at radius 3 is 2.90 bits per heavy atom. The molecule has 0 radical (unpaired) electrons. The molecule has 5 heteroatoms. The molecule has 3 N–H and O–H groups in total. The van der Waals surface area contributed by atoms with Crippen molar-refractivity contribution >= 4 is 32.7 Å². The van der Waals surface area contributed by atoms with Gasteiger partial charge < -0.3 is 15.4 Å². The summed E-state index contributed by atoms with van der Waals surface area (Å²) in [7, 11) is 0. The minimum atomic E-state index is -0.427. The van der Waals surface area contributed by atoms with E-state index in [-0.39, 0.29) is 11.9 Å². The minimum absolute atomic E-state index is 0.133. The Balaban J connectivity index is 1.80. The van der Waals surface area contributed by atoms with Gasteiger partial charge in [-0.1, -0.05) is 34.8 Å². The lowest BCUT2D eigenvalue weighted by Crippen LogP contribution is -2.45. The molecule has 20 heavy (non-hydrogen) atoms. The maximum atomic E-state index is 12.3. The van der Waals surface area contributed by atoms with Crippen LogP contribution in [0.1, 0.15) is 36.2 Å². The van der Waals surface area contributed by atoms with Crippen molar-refractivity contribution in [3.05, 3.63) is 34.4 Å². The normalized spacial score (nSPS) is 22.9. The lowest BCUT2D eigenvalue weighted by Gasteiger charge is -2.28. The first kappa shape index (κ1) is 13.6. The van der Waals surface area contributed by atoms with Crippen LogP contribution in [0.4, 0.5) is 0 Å². The van der Waals surface area contributed by atoms with Crippen molar-refractivity contribution < 1.29 is 9.90 Å². The number of nitrogens with one attached hydrogen (secondary N) is 2. The van der Waals surface area contributed by atoms with Crippen molar-refractivity contribution in [3.63, 3.8) is 0 Å². The maximum Gasteiger partial charge on any atom is 0.268 e. The number of benzene rings is 1. The van der Waals surface area contributed by atoms with Crippen LogP contribution < -0.4 is 5.32 Å². The number of aromatic amines is 1. The molecule has 1 saturated carbocycles. The third-order valence-corrected chi connectivity index (χ3v) is 4.59. The van der Waals surface area contributed by atoms with Crippen molar-refractivity contribution in [3.8, 4) is 0 Å². The molecule has 0 bridgehead atoms. The Kier molecular flexibility index (Phi) is 3.81. The molecule has 2 unspecified atom stereocenters. The summed E-state index contributed by atoms with van der Waals surface area (Å²) in [6, 6.07) is 7.51. The van der Waals surface area contributed by atoms with Crippen LogP contribution in [0.15, 0.2) is 28.7 Å². The van der Waals surface area contributed by atoms with Crippen LogP contribution in [0.2, 0.25) is 0 Å². The minimum Gasteiger partial charge on any atom is -0.391 e. The smallest absolute Gasteiger partial charge is 0.268 e. The van der Waals surface area contributed by atoms with E-state index in [1.54, 1.807) is 0 Å². The van der Waals surface area contributed by atoms with E-state index in [0.29, 0.717) is 5.69 Å². The standard InChI is InChI=1S/C15H17BrN2O2/c16-10-4-3-6-11-9(10)8-13(17-11)15(20)18-12-5-1-2-7-14(12)19/h3-4,6,8,12,14,17,19H,1-2,5,7H2,(H,18,20). The number of hydrogen-bond acceptors (Lipinski definition) is 2. The Hall–Kier alpha value is -1.33. The van der Waals surface area contributed by atoms with E-state index in [0.717, 1.165) is 41.1 Å². The highest BCUT2D eigenvalue weighted by Gasteiger charge is 2.25. The molecule has 1 aromatic carbocycles. The topological polar surface area (TPSA) is 65.1 Å². The van der Waals surface area contributed by atoms with Crippen molar-refractivity contribution in [2.75, 3.05) is 0 Å². The van der Waals surface area contributed by atoms with Crippen LogP contribution in [-0.4, -0.2) is 28.1 Å². The lowest BCUT2D eigenvalue weighted by molar-refractivity contribution is 0.0714. The summed E-state index contributed by atoms with van der Waals surface area (Å²) in [4.78, 5) is 15.4. The number of carbonyl (C=O) groups excluding carboxylic acids is 1. The van der Waals surface area contributed by atoms with Crippen LogP contribution >= 0.6 is 15.9 Å². The predicted octanol–water partition coefficient (Wildman–Crippen LogP) is 2.96. The second-order valence-electron chi connectivity index (χ2n) is 5.32. The van der Waals surface area contributed by atoms with Gasteiger partial charge in [-0.2, -0.15) is 0 Å². The first-order valence-corrected chi connectivity index (χ1v) is 7.70. The molecular formula is C15H17BrN2O2. The Morgan fingerprint density at radius 2 is 2.15 bits per heavy atom. The van der Waals surface area contributed by atoms with Crippen molar-refractivity contribution in [1.29, 1.82) is 0 Å². The number of amides is 1. The molecule has 4 nitrogen and oxygen atoms in total. The number of carbonyl (C=O) groups is 1. The first-order valence-electron chi connectivity index (χ1n) is 6.91. The van der Waals surface area contributed by atoms with Crippen molar-refractivity contribution in [2.45, 2.75) is 37.8 Å². The van der Waals surface area contributed by atoms with Crippen LogP contribution in [0.25, 0.3) is 10.9 Å². The highest BCUT2D eigenvalue weighted by molar-refractivity contribution is 9.10. The third-order valence-electron chi connectivity index (χ3n) is 3.90. The SMILES string of the molecule is O=C(NC1CCCCC1O)c1cc2c(Br)cccc2[nH]1. The van der Waals surface area contributed by atoms with Gasteiger partial charge in [-0.15, -0.1) is 0 Å². The second kappa shape index (κ2) is 5.58. The van der Waals surface area contributed by atoms with Crippen molar-refractivity contribution in [2.24, 2.45) is 0 Å². The van der Waals surface area contributed by atoms with Crippen LogP contribution in [0.5, 0.6) is 0 Å². The Morgan fingerprint density at radius 1 is 1.35 bits per heavy atom. The van der Waals surface area contributed by atoms with E-state index in [9.17, 15) is 9.90 Å². The van der Waals surface area contributed by atoms with Gasteiger partial charge >= 0.3 is 0 Å². The van der Waals surface area contributed by atoms with Gasteiger partial charge in [0.05, 0.1) is 12.1 Å². The molecule has 1 fully saturated rings. The van der Waals surface area contributed by atoms with E-state index < -0.39 is 6.10 Å². The molecule has 1 aliphatic carbocycles. The lowest BCUT2D eigenvalue weighted by atomic mass is 9.92. The largest absolute Gasteiger partial charge is 0.391 e.